The Labute approximate surface area is 78.6 Å². The molecule has 0 amide bonds. The predicted molar refractivity (Wildman–Crippen MR) is 50.5 cm³/mol. The second-order valence-corrected chi connectivity index (χ2v) is 4.51. The minimum Gasteiger partial charge on any atom is -0.512 e. The highest BCUT2D eigenvalue weighted by Gasteiger charge is 2.41. The van der Waals surface area contributed by atoms with E-state index in [1.165, 1.54) is 0 Å². The number of hydrogen-bond donors (Lipinski definition) is 1. The van der Waals surface area contributed by atoms with Gasteiger partial charge in [-0.1, -0.05) is 13.3 Å². The van der Waals surface area contributed by atoms with Gasteiger partial charge in [-0.2, -0.15) is 0 Å². The summed E-state index contributed by atoms with van der Waals surface area (Å²) >= 11 is 0. The first-order valence-corrected chi connectivity index (χ1v) is 5.09. The van der Waals surface area contributed by atoms with Crippen molar-refractivity contribution in [3.8, 4) is 0 Å². The Hall–Kier alpha value is -0.790. The molecular formula is C11H16O2. The second kappa shape index (κ2) is 2.86. The van der Waals surface area contributed by atoms with Gasteiger partial charge in [0.1, 0.15) is 0 Å². The van der Waals surface area contributed by atoms with E-state index in [1.807, 2.05) is 0 Å². The molecule has 0 bridgehead atoms. The Balaban J connectivity index is 2.41. The monoisotopic (exact) mass is 180 g/mol. The molecule has 1 unspecified atom stereocenters. The van der Waals surface area contributed by atoms with Crippen molar-refractivity contribution in [2.24, 2.45) is 5.41 Å². The molecule has 2 aliphatic carbocycles. The number of carbonyl (C=O) groups excluding carboxylic acids is 1. The summed E-state index contributed by atoms with van der Waals surface area (Å²) in [6.07, 6.45) is 5.48. The van der Waals surface area contributed by atoms with Crippen molar-refractivity contribution in [2.75, 3.05) is 0 Å². The fourth-order valence-corrected chi connectivity index (χ4v) is 2.67. The highest BCUT2D eigenvalue weighted by atomic mass is 16.3. The molecule has 0 saturated heterocycles. The van der Waals surface area contributed by atoms with Gasteiger partial charge in [-0.05, 0) is 24.7 Å². The molecule has 2 rings (SSSR count). The molecule has 13 heavy (non-hydrogen) atoms. The van der Waals surface area contributed by atoms with Crippen LogP contribution < -0.4 is 0 Å². The molecule has 0 heterocycles. The summed E-state index contributed by atoms with van der Waals surface area (Å²) in [4.78, 5) is 11.7. The van der Waals surface area contributed by atoms with Gasteiger partial charge >= 0.3 is 0 Å². The van der Waals surface area contributed by atoms with Crippen molar-refractivity contribution < 1.29 is 9.90 Å². The molecule has 0 aromatic rings. The number of hydrogen-bond acceptors (Lipinski definition) is 2. The van der Waals surface area contributed by atoms with Crippen LogP contribution in [0.1, 0.15) is 45.4 Å². The maximum atomic E-state index is 11.7. The first-order chi connectivity index (χ1) is 6.13. The molecule has 1 fully saturated rings. The van der Waals surface area contributed by atoms with E-state index >= 15 is 0 Å². The Morgan fingerprint density at radius 1 is 1.23 bits per heavy atom. The van der Waals surface area contributed by atoms with Crippen LogP contribution in [0, 0.1) is 5.41 Å². The maximum absolute atomic E-state index is 11.7. The maximum Gasteiger partial charge on any atom is 0.162 e. The van der Waals surface area contributed by atoms with Crippen LogP contribution in [-0.4, -0.2) is 10.9 Å². The Morgan fingerprint density at radius 2 is 2.00 bits per heavy atom. The Bertz CT molecular complexity index is 278. The van der Waals surface area contributed by atoms with Crippen LogP contribution in [0.15, 0.2) is 11.3 Å². The van der Waals surface area contributed by atoms with E-state index in [4.69, 9.17) is 0 Å². The topological polar surface area (TPSA) is 37.3 Å². The number of allylic oxidation sites excluding steroid dienone is 2. The molecule has 72 valence electrons. The van der Waals surface area contributed by atoms with Gasteiger partial charge < -0.3 is 5.11 Å². The molecule has 2 heteroatoms. The van der Waals surface area contributed by atoms with Gasteiger partial charge in [0.2, 0.25) is 0 Å². The van der Waals surface area contributed by atoms with Crippen LogP contribution >= 0.6 is 0 Å². The number of carbonyl (C=O) groups is 1. The van der Waals surface area contributed by atoms with Crippen molar-refractivity contribution in [3.05, 3.63) is 11.3 Å². The number of aliphatic hydroxyl groups is 1. The minimum absolute atomic E-state index is 0.00231. The van der Waals surface area contributed by atoms with E-state index in [0.717, 1.165) is 31.3 Å². The molecule has 2 nitrogen and oxygen atoms in total. The number of fused-ring (bicyclic) bond motifs is 1. The summed E-state index contributed by atoms with van der Waals surface area (Å²) in [5, 5.41) is 9.64. The molecule has 2 aliphatic rings. The van der Waals surface area contributed by atoms with Gasteiger partial charge in [-0.3, -0.25) is 4.79 Å². The molecule has 0 aromatic carbocycles. The Morgan fingerprint density at radius 3 is 2.77 bits per heavy atom. The minimum atomic E-state index is -0.00231. The zero-order valence-corrected chi connectivity index (χ0v) is 8.10. The van der Waals surface area contributed by atoms with Crippen LogP contribution in [-0.2, 0) is 4.79 Å². The Kier molecular flexibility index (Phi) is 1.94. The third kappa shape index (κ3) is 1.28. The van der Waals surface area contributed by atoms with Gasteiger partial charge in [0, 0.05) is 18.4 Å². The third-order valence-electron chi connectivity index (χ3n) is 3.47. The SMILES string of the molecule is CC12CCCCC(=O)C1=C(O)CC2. The standard InChI is InChI=1S/C11H16O2/c1-11-6-3-2-4-8(12)10(11)9(13)5-7-11/h13H,2-7H2,1H3. The number of rotatable bonds is 0. The smallest absolute Gasteiger partial charge is 0.162 e. The highest BCUT2D eigenvalue weighted by molar-refractivity contribution is 5.97. The predicted octanol–water partition coefficient (Wildman–Crippen LogP) is 2.74. The molecule has 0 aromatic heterocycles. The van der Waals surface area contributed by atoms with Crippen LogP contribution in [0.25, 0.3) is 0 Å². The normalized spacial score (nSPS) is 34.7. The van der Waals surface area contributed by atoms with Crippen molar-refractivity contribution in [3.63, 3.8) is 0 Å². The fourth-order valence-electron chi connectivity index (χ4n) is 2.67. The summed E-state index contributed by atoms with van der Waals surface area (Å²) in [5.74, 6) is 0.560. The van der Waals surface area contributed by atoms with Crippen molar-refractivity contribution in [1.29, 1.82) is 0 Å². The molecule has 0 radical (unpaired) electrons. The van der Waals surface area contributed by atoms with E-state index in [2.05, 4.69) is 6.92 Å². The van der Waals surface area contributed by atoms with Gasteiger partial charge in [-0.15, -0.1) is 0 Å². The van der Waals surface area contributed by atoms with Gasteiger partial charge in [0.25, 0.3) is 0 Å². The molecule has 0 aliphatic heterocycles. The van der Waals surface area contributed by atoms with Crippen LogP contribution in [0.3, 0.4) is 0 Å². The zero-order chi connectivity index (χ0) is 9.47. The third-order valence-corrected chi connectivity index (χ3v) is 3.47. The van der Waals surface area contributed by atoms with Crippen LogP contribution in [0.4, 0.5) is 0 Å². The lowest BCUT2D eigenvalue weighted by atomic mass is 9.79. The fraction of sp³-hybridized carbons (Fsp3) is 0.727. The first kappa shape index (κ1) is 8.79. The summed E-state index contributed by atoms with van der Waals surface area (Å²) < 4.78 is 0. The summed E-state index contributed by atoms with van der Waals surface area (Å²) in [6.45, 7) is 2.12. The lowest BCUT2D eigenvalue weighted by molar-refractivity contribution is -0.116. The van der Waals surface area contributed by atoms with E-state index in [0.29, 0.717) is 18.6 Å². The lowest BCUT2D eigenvalue weighted by Crippen LogP contribution is -2.19. The summed E-state index contributed by atoms with van der Waals surface area (Å²) in [7, 11) is 0. The largest absolute Gasteiger partial charge is 0.512 e. The second-order valence-electron chi connectivity index (χ2n) is 4.51. The van der Waals surface area contributed by atoms with Crippen molar-refractivity contribution in [1.82, 2.24) is 0 Å². The van der Waals surface area contributed by atoms with Gasteiger partial charge in [-0.25, -0.2) is 0 Å². The first-order valence-electron chi connectivity index (χ1n) is 5.09. The van der Waals surface area contributed by atoms with Crippen molar-refractivity contribution in [2.45, 2.75) is 45.4 Å². The molecule has 1 saturated carbocycles. The average Bonchev–Trinajstić information content (AvgIpc) is 2.27. The number of aliphatic hydroxyl groups excluding tert-OH is 1. The number of ketones is 1. The quantitative estimate of drug-likeness (QED) is 0.622. The molecule has 1 atom stereocenters. The summed E-state index contributed by atoms with van der Waals surface area (Å²) in [6, 6.07) is 0. The van der Waals surface area contributed by atoms with E-state index in [1.54, 1.807) is 0 Å². The van der Waals surface area contributed by atoms with Gasteiger partial charge in [0.15, 0.2) is 5.78 Å². The van der Waals surface area contributed by atoms with Gasteiger partial charge in [0.05, 0.1) is 5.76 Å². The van der Waals surface area contributed by atoms with E-state index in [-0.39, 0.29) is 11.2 Å². The zero-order valence-electron chi connectivity index (χ0n) is 8.10. The number of Topliss-reactive ketones (excluding diaryl/α,β-unsaturated/α-hetero) is 1. The lowest BCUT2D eigenvalue weighted by Gasteiger charge is -2.24. The summed E-state index contributed by atoms with van der Waals surface area (Å²) in [5.41, 5.74) is 0.752. The van der Waals surface area contributed by atoms with Crippen molar-refractivity contribution >= 4 is 5.78 Å². The molecular weight excluding hydrogens is 164 g/mol. The molecule has 1 N–H and O–H groups in total. The highest BCUT2D eigenvalue weighted by Crippen LogP contribution is 2.48. The van der Waals surface area contributed by atoms with Crippen LogP contribution in [0.5, 0.6) is 0 Å². The van der Waals surface area contributed by atoms with E-state index in [9.17, 15) is 9.90 Å². The van der Waals surface area contributed by atoms with Crippen LogP contribution in [0.2, 0.25) is 0 Å². The van der Waals surface area contributed by atoms with E-state index < -0.39 is 0 Å². The molecule has 0 spiro atoms. The average molecular weight is 180 g/mol.